The van der Waals surface area contributed by atoms with E-state index >= 15 is 0 Å². The number of carbonyl (C=O) groups is 1. The Bertz CT molecular complexity index is 760. The number of aromatic amines is 1. The number of amides is 1. The Morgan fingerprint density at radius 1 is 1.41 bits per heavy atom. The van der Waals surface area contributed by atoms with Crippen LogP contribution in [0.5, 0.6) is 0 Å². The second-order valence-electron chi connectivity index (χ2n) is 5.09. The first-order valence-corrected chi connectivity index (χ1v) is 7.04. The van der Waals surface area contributed by atoms with Gasteiger partial charge < -0.3 is 14.9 Å². The number of aromatic nitrogens is 4. The van der Waals surface area contributed by atoms with E-state index < -0.39 is 0 Å². The van der Waals surface area contributed by atoms with Crippen LogP contribution in [0.3, 0.4) is 0 Å². The first kappa shape index (κ1) is 14.1. The third kappa shape index (κ3) is 3.22. The molecule has 22 heavy (non-hydrogen) atoms. The highest BCUT2D eigenvalue weighted by Crippen LogP contribution is 2.08. The number of benzene rings is 1. The smallest absolute Gasteiger partial charge is 0.251 e. The minimum absolute atomic E-state index is 0.102. The number of imidazole rings is 2. The number of nitrogens with zero attached hydrogens (tertiary/aromatic N) is 3. The molecule has 0 unspecified atom stereocenters. The molecule has 0 aliphatic rings. The molecule has 1 amide bonds. The van der Waals surface area contributed by atoms with Crippen molar-refractivity contribution in [2.75, 3.05) is 0 Å². The van der Waals surface area contributed by atoms with E-state index in [0.29, 0.717) is 18.7 Å². The number of aryl methyl sites for hydroxylation is 1. The molecule has 0 aliphatic heterocycles. The predicted molar refractivity (Wildman–Crippen MR) is 82.3 cm³/mol. The average molecular weight is 295 g/mol. The molecular formula is C16H17N5O. The van der Waals surface area contributed by atoms with Crippen molar-refractivity contribution in [3.05, 3.63) is 71.8 Å². The van der Waals surface area contributed by atoms with Crippen molar-refractivity contribution in [1.82, 2.24) is 24.8 Å². The quantitative estimate of drug-likeness (QED) is 0.754. The molecule has 0 aliphatic carbocycles. The van der Waals surface area contributed by atoms with Gasteiger partial charge in [0.1, 0.15) is 0 Å². The zero-order chi connectivity index (χ0) is 15.4. The van der Waals surface area contributed by atoms with Gasteiger partial charge in [-0.25, -0.2) is 9.97 Å². The number of nitrogens with one attached hydrogen (secondary N) is 2. The van der Waals surface area contributed by atoms with Crippen LogP contribution < -0.4 is 5.32 Å². The van der Waals surface area contributed by atoms with E-state index in [-0.39, 0.29) is 5.91 Å². The molecule has 2 N–H and O–H groups in total. The summed E-state index contributed by atoms with van der Waals surface area (Å²) in [4.78, 5) is 23.4. The maximum absolute atomic E-state index is 12.2. The lowest BCUT2D eigenvalue weighted by molar-refractivity contribution is 0.0950. The van der Waals surface area contributed by atoms with Gasteiger partial charge in [0.05, 0.1) is 24.9 Å². The molecule has 0 saturated carbocycles. The largest absolute Gasteiger partial charge is 0.348 e. The lowest BCUT2D eigenvalue weighted by Crippen LogP contribution is -2.23. The number of rotatable bonds is 5. The minimum atomic E-state index is -0.102. The Kier molecular flexibility index (Phi) is 4.00. The summed E-state index contributed by atoms with van der Waals surface area (Å²) in [5.41, 5.74) is 3.52. The lowest BCUT2D eigenvalue weighted by atomic mass is 10.1. The highest BCUT2D eigenvalue weighted by atomic mass is 16.1. The van der Waals surface area contributed by atoms with Crippen LogP contribution in [-0.2, 0) is 13.1 Å². The van der Waals surface area contributed by atoms with E-state index in [0.717, 1.165) is 17.0 Å². The summed E-state index contributed by atoms with van der Waals surface area (Å²) >= 11 is 0. The third-order valence-electron chi connectivity index (χ3n) is 3.46. The molecule has 0 spiro atoms. The minimum Gasteiger partial charge on any atom is -0.348 e. The van der Waals surface area contributed by atoms with Crippen LogP contribution >= 0.6 is 0 Å². The van der Waals surface area contributed by atoms with Crippen molar-refractivity contribution in [1.29, 1.82) is 0 Å². The molecule has 6 nitrogen and oxygen atoms in total. The van der Waals surface area contributed by atoms with Crippen molar-refractivity contribution < 1.29 is 4.79 Å². The molecule has 0 bridgehead atoms. The van der Waals surface area contributed by atoms with Gasteiger partial charge in [-0.05, 0) is 24.6 Å². The topological polar surface area (TPSA) is 75.6 Å². The molecule has 0 fully saturated rings. The van der Waals surface area contributed by atoms with Gasteiger partial charge >= 0.3 is 0 Å². The van der Waals surface area contributed by atoms with Gasteiger partial charge in [0.15, 0.2) is 0 Å². The van der Waals surface area contributed by atoms with Gasteiger partial charge in [-0.1, -0.05) is 12.1 Å². The van der Waals surface area contributed by atoms with Gasteiger partial charge in [0.2, 0.25) is 0 Å². The van der Waals surface area contributed by atoms with E-state index in [1.165, 1.54) is 0 Å². The molecule has 3 aromatic rings. The molecule has 6 heteroatoms. The molecule has 112 valence electrons. The third-order valence-corrected chi connectivity index (χ3v) is 3.46. The van der Waals surface area contributed by atoms with Crippen LogP contribution in [0, 0.1) is 6.92 Å². The van der Waals surface area contributed by atoms with Crippen LogP contribution in [0.15, 0.2) is 49.3 Å². The maximum atomic E-state index is 12.2. The maximum Gasteiger partial charge on any atom is 0.251 e. The normalized spacial score (nSPS) is 10.6. The standard InChI is InChI=1S/C16H17N5O/c1-12-15(20-10-19-12)8-18-16(22)14-4-2-3-13(7-14)9-21-6-5-17-11-21/h2-7,10-11H,8-9H2,1H3,(H,18,22)(H,19,20). The summed E-state index contributed by atoms with van der Waals surface area (Å²) in [5, 5.41) is 2.89. The Labute approximate surface area is 128 Å². The van der Waals surface area contributed by atoms with Crippen molar-refractivity contribution in [3.63, 3.8) is 0 Å². The zero-order valence-electron chi connectivity index (χ0n) is 12.3. The van der Waals surface area contributed by atoms with Gasteiger partial charge in [-0.15, -0.1) is 0 Å². The fourth-order valence-corrected chi connectivity index (χ4v) is 2.23. The first-order valence-electron chi connectivity index (χ1n) is 7.04. The zero-order valence-corrected chi connectivity index (χ0v) is 12.3. The molecule has 0 radical (unpaired) electrons. The van der Waals surface area contributed by atoms with Crippen LogP contribution in [0.2, 0.25) is 0 Å². The Morgan fingerprint density at radius 3 is 3.05 bits per heavy atom. The number of H-pyrrole nitrogens is 1. The summed E-state index contributed by atoms with van der Waals surface area (Å²) in [5.74, 6) is -0.102. The Hall–Kier alpha value is -2.89. The second kappa shape index (κ2) is 6.26. The molecular weight excluding hydrogens is 278 g/mol. The molecule has 2 heterocycles. The second-order valence-corrected chi connectivity index (χ2v) is 5.09. The van der Waals surface area contributed by atoms with Crippen LogP contribution in [-0.4, -0.2) is 25.4 Å². The molecule has 1 aromatic carbocycles. The van der Waals surface area contributed by atoms with E-state index in [1.807, 2.05) is 42.0 Å². The van der Waals surface area contributed by atoms with Gasteiger partial charge in [0.25, 0.3) is 5.91 Å². The summed E-state index contributed by atoms with van der Waals surface area (Å²) in [6.07, 6.45) is 7.02. The van der Waals surface area contributed by atoms with E-state index in [1.54, 1.807) is 18.9 Å². The predicted octanol–water partition coefficient (Wildman–Crippen LogP) is 1.89. The van der Waals surface area contributed by atoms with Crippen LogP contribution in [0.1, 0.15) is 27.3 Å². The Balaban J connectivity index is 1.66. The van der Waals surface area contributed by atoms with E-state index in [4.69, 9.17) is 0 Å². The van der Waals surface area contributed by atoms with E-state index in [9.17, 15) is 4.79 Å². The summed E-state index contributed by atoms with van der Waals surface area (Å²) in [6.45, 7) is 3.04. The summed E-state index contributed by atoms with van der Waals surface area (Å²) in [6, 6.07) is 7.59. The van der Waals surface area contributed by atoms with Crippen molar-refractivity contribution >= 4 is 5.91 Å². The molecule has 0 atom stereocenters. The summed E-state index contributed by atoms with van der Waals surface area (Å²) < 4.78 is 1.96. The first-order chi connectivity index (χ1) is 10.7. The van der Waals surface area contributed by atoms with Crippen LogP contribution in [0.25, 0.3) is 0 Å². The highest BCUT2D eigenvalue weighted by molar-refractivity contribution is 5.94. The molecule has 3 rings (SSSR count). The van der Waals surface area contributed by atoms with Gasteiger partial charge in [-0.3, -0.25) is 4.79 Å². The van der Waals surface area contributed by atoms with Gasteiger partial charge in [-0.2, -0.15) is 0 Å². The highest BCUT2D eigenvalue weighted by Gasteiger charge is 2.08. The fraction of sp³-hybridized carbons (Fsp3) is 0.188. The average Bonchev–Trinajstić information content (AvgIpc) is 3.17. The SMILES string of the molecule is Cc1[nH]cnc1CNC(=O)c1cccc(Cn2ccnc2)c1. The summed E-state index contributed by atoms with van der Waals surface area (Å²) in [7, 11) is 0. The lowest BCUT2D eigenvalue weighted by Gasteiger charge is -2.07. The number of carbonyl (C=O) groups excluding carboxylic acids is 1. The monoisotopic (exact) mass is 295 g/mol. The molecule has 2 aromatic heterocycles. The number of hydrogen-bond acceptors (Lipinski definition) is 3. The fourth-order valence-electron chi connectivity index (χ4n) is 2.23. The molecule has 0 saturated heterocycles. The van der Waals surface area contributed by atoms with Crippen LogP contribution in [0.4, 0.5) is 0 Å². The van der Waals surface area contributed by atoms with Gasteiger partial charge in [0, 0.05) is 30.2 Å². The van der Waals surface area contributed by atoms with Crippen molar-refractivity contribution in [3.8, 4) is 0 Å². The van der Waals surface area contributed by atoms with Crippen molar-refractivity contribution in [2.45, 2.75) is 20.0 Å². The van der Waals surface area contributed by atoms with E-state index in [2.05, 4.69) is 20.3 Å². The van der Waals surface area contributed by atoms with Crippen molar-refractivity contribution in [2.24, 2.45) is 0 Å². The number of hydrogen-bond donors (Lipinski definition) is 2. The Morgan fingerprint density at radius 2 is 2.32 bits per heavy atom.